The summed E-state index contributed by atoms with van der Waals surface area (Å²) >= 11 is 31.9. The normalized spacial score (nSPS) is 19.5. The van der Waals surface area contributed by atoms with Crippen LogP contribution >= 0.6 is 58.0 Å². The molecular formula is C40H55Cl5N4O7Si. The molecule has 3 aliphatic rings. The number of fused-ring (bicyclic) bond motifs is 2. The summed E-state index contributed by atoms with van der Waals surface area (Å²) in [5.41, 5.74) is -0.123. The second-order valence-corrected chi connectivity index (χ2v) is 26.1. The number of aryl methyl sites for hydroxylation is 1. The molecule has 1 saturated carbocycles. The van der Waals surface area contributed by atoms with Crippen LogP contribution in [0.5, 0.6) is 0 Å². The summed E-state index contributed by atoms with van der Waals surface area (Å²) in [7, 11) is -1.93. The smallest absolute Gasteiger partial charge is 0.411 e. The van der Waals surface area contributed by atoms with Crippen LogP contribution in [-0.4, -0.2) is 99.1 Å². The molecule has 5 rings (SSSR count). The fourth-order valence-corrected chi connectivity index (χ4v) is 8.21. The highest BCUT2D eigenvalue weighted by molar-refractivity contribution is 6.74. The van der Waals surface area contributed by atoms with Crippen LogP contribution in [0.2, 0.25) is 28.2 Å². The van der Waals surface area contributed by atoms with Crippen molar-refractivity contribution >= 4 is 90.0 Å². The van der Waals surface area contributed by atoms with Crippen LogP contribution < -0.4 is 0 Å². The third kappa shape index (κ3) is 10.8. The number of hydrogen-bond donors (Lipinski definition) is 0. The van der Waals surface area contributed by atoms with Gasteiger partial charge in [-0.2, -0.15) is 0 Å². The van der Waals surface area contributed by atoms with Gasteiger partial charge in [-0.15, -0.1) is 0 Å². The van der Waals surface area contributed by atoms with Crippen LogP contribution in [-0.2, 0) is 31.7 Å². The van der Waals surface area contributed by atoms with Crippen LogP contribution in [0, 0.1) is 0 Å². The maximum atomic E-state index is 15.3. The topological polar surface area (TPSA) is 115 Å². The zero-order valence-electron chi connectivity index (χ0n) is 34.4. The van der Waals surface area contributed by atoms with Gasteiger partial charge in [0.2, 0.25) is 3.79 Å². The maximum Gasteiger partial charge on any atom is 0.411 e. The van der Waals surface area contributed by atoms with Crippen molar-refractivity contribution in [3.8, 4) is 0 Å². The molecule has 2 bridgehead atoms. The lowest BCUT2D eigenvalue weighted by atomic mass is 9.83. The molecule has 0 spiro atoms. The molecule has 3 heterocycles. The first-order valence-corrected chi connectivity index (χ1v) is 24.1. The van der Waals surface area contributed by atoms with Crippen molar-refractivity contribution in [2.45, 2.75) is 145 Å². The monoisotopic (exact) mass is 906 g/mol. The van der Waals surface area contributed by atoms with Gasteiger partial charge in [-0.1, -0.05) is 96.1 Å². The van der Waals surface area contributed by atoms with E-state index in [9.17, 15) is 9.59 Å². The van der Waals surface area contributed by atoms with Gasteiger partial charge in [0.1, 0.15) is 5.60 Å². The van der Waals surface area contributed by atoms with Crippen molar-refractivity contribution in [1.29, 1.82) is 0 Å². The second-order valence-electron chi connectivity index (χ2n) is 18.2. The fraction of sp³-hybridized carbons (Fsp3) is 0.650. The summed E-state index contributed by atoms with van der Waals surface area (Å²) in [5.74, 6) is 0.0581. The van der Waals surface area contributed by atoms with E-state index in [2.05, 4.69) is 39.0 Å². The first-order valence-electron chi connectivity index (χ1n) is 19.3. The second kappa shape index (κ2) is 17.1. The first kappa shape index (κ1) is 45.9. The molecule has 2 aliphatic heterocycles. The van der Waals surface area contributed by atoms with Gasteiger partial charge in [-0.3, -0.25) is 9.69 Å². The van der Waals surface area contributed by atoms with Crippen LogP contribution in [0.1, 0.15) is 98.1 Å². The molecule has 2 atom stereocenters. The Morgan fingerprint density at radius 2 is 1.63 bits per heavy atom. The Bertz CT molecular complexity index is 1860. The molecule has 1 aromatic carbocycles. The molecule has 1 aliphatic carbocycles. The standard InChI is InChI=1S/C40H55Cl5N4O7Si/c1-37(2,3)54-35(51)47-22-27-20-28(31-19-25(46-56-31)14-12-18-53-57(9,10)38(4,5)6)32(30(23-47)49(27)36(52)55-39(7,8)40(43,44)45)34(50)48(26-16-17-26)21-24-13-11-15-29(41)33(24)42/h11,13,15,19,26-27,30H,12,14,16-18,20-23H2,1-10H3. The van der Waals surface area contributed by atoms with Gasteiger partial charge in [0.15, 0.2) is 19.7 Å². The van der Waals surface area contributed by atoms with Crippen LogP contribution in [0.4, 0.5) is 9.59 Å². The maximum absolute atomic E-state index is 15.3. The van der Waals surface area contributed by atoms with Crippen molar-refractivity contribution in [2.75, 3.05) is 19.7 Å². The predicted octanol–water partition coefficient (Wildman–Crippen LogP) is 10.9. The Balaban J connectivity index is 1.58. The Labute approximate surface area is 362 Å². The number of carbonyl (C=O) groups is 3. The van der Waals surface area contributed by atoms with Crippen molar-refractivity contribution in [3.05, 3.63) is 56.9 Å². The highest BCUT2D eigenvalue weighted by atomic mass is 35.6. The molecule has 17 heteroatoms. The van der Waals surface area contributed by atoms with E-state index < -0.39 is 47.6 Å². The number of aromatic nitrogens is 1. The molecule has 1 aromatic heterocycles. The Hall–Kier alpha value is -2.19. The number of hydrogen-bond acceptors (Lipinski definition) is 8. The summed E-state index contributed by atoms with van der Waals surface area (Å²) in [6, 6.07) is 5.37. The van der Waals surface area contributed by atoms with Gasteiger partial charge in [0, 0.05) is 49.5 Å². The van der Waals surface area contributed by atoms with Gasteiger partial charge < -0.3 is 28.2 Å². The van der Waals surface area contributed by atoms with Crippen molar-refractivity contribution in [2.24, 2.45) is 0 Å². The molecule has 1 saturated heterocycles. The lowest BCUT2D eigenvalue weighted by Gasteiger charge is -2.51. The number of amides is 3. The van der Waals surface area contributed by atoms with Gasteiger partial charge in [0.25, 0.3) is 5.91 Å². The third-order valence-electron chi connectivity index (χ3n) is 11.1. The largest absolute Gasteiger partial charge is 0.444 e. The van der Waals surface area contributed by atoms with Gasteiger partial charge in [0.05, 0.1) is 27.8 Å². The number of benzene rings is 1. The summed E-state index contributed by atoms with van der Waals surface area (Å²) in [5, 5.41) is 5.22. The minimum absolute atomic E-state index is 0.0793. The van der Waals surface area contributed by atoms with Crippen LogP contribution in [0.25, 0.3) is 5.57 Å². The van der Waals surface area contributed by atoms with Crippen molar-refractivity contribution < 1.29 is 32.8 Å². The zero-order chi connectivity index (χ0) is 42.5. The predicted molar refractivity (Wildman–Crippen MR) is 228 cm³/mol. The summed E-state index contributed by atoms with van der Waals surface area (Å²) in [4.78, 5) is 48.1. The molecule has 3 amide bonds. The molecule has 57 heavy (non-hydrogen) atoms. The number of carbonyl (C=O) groups excluding carboxylic acids is 3. The molecule has 0 N–H and O–H groups in total. The van der Waals surface area contributed by atoms with Crippen LogP contribution in [0.3, 0.4) is 0 Å². The first-order chi connectivity index (χ1) is 26.2. The number of ether oxygens (including phenoxy) is 2. The van der Waals surface area contributed by atoms with E-state index in [0.29, 0.717) is 45.7 Å². The molecule has 316 valence electrons. The molecule has 11 nitrogen and oxygen atoms in total. The number of rotatable bonds is 11. The summed E-state index contributed by atoms with van der Waals surface area (Å²) in [6.07, 6.45) is 1.62. The molecule has 2 aromatic rings. The Kier molecular flexibility index (Phi) is 13.7. The van der Waals surface area contributed by atoms with E-state index in [1.165, 1.54) is 23.6 Å². The van der Waals surface area contributed by atoms with Gasteiger partial charge in [-0.25, -0.2) is 9.59 Å². The molecule has 2 fully saturated rings. The Morgan fingerprint density at radius 3 is 2.23 bits per heavy atom. The lowest BCUT2D eigenvalue weighted by Crippen LogP contribution is -2.66. The summed E-state index contributed by atoms with van der Waals surface area (Å²) < 4.78 is 22.1. The van der Waals surface area contributed by atoms with E-state index in [1.807, 2.05) is 12.1 Å². The van der Waals surface area contributed by atoms with Gasteiger partial charge in [-0.05, 0) is 96.5 Å². The molecular weight excluding hydrogens is 854 g/mol. The number of piperazine rings is 1. The van der Waals surface area contributed by atoms with Crippen molar-refractivity contribution in [1.82, 2.24) is 19.9 Å². The number of alkyl halides is 3. The van der Waals surface area contributed by atoms with E-state index in [-0.39, 0.29) is 48.6 Å². The Morgan fingerprint density at radius 1 is 0.965 bits per heavy atom. The third-order valence-corrected chi connectivity index (χ3v) is 17.9. The van der Waals surface area contributed by atoms with E-state index in [1.54, 1.807) is 37.8 Å². The fourth-order valence-electron chi connectivity index (χ4n) is 6.62. The average Bonchev–Trinajstić information content (AvgIpc) is 3.80. The number of nitrogens with zero attached hydrogens (tertiary/aromatic N) is 4. The van der Waals surface area contributed by atoms with E-state index in [0.717, 1.165) is 19.3 Å². The van der Waals surface area contributed by atoms with Gasteiger partial charge >= 0.3 is 12.2 Å². The zero-order valence-corrected chi connectivity index (χ0v) is 39.2. The quantitative estimate of drug-likeness (QED) is 0.124. The molecule has 2 unspecified atom stereocenters. The summed E-state index contributed by atoms with van der Waals surface area (Å²) in [6.45, 7) is 20.1. The number of halogens is 5. The minimum atomic E-state index is -1.97. The molecule has 0 radical (unpaired) electrons. The van der Waals surface area contributed by atoms with Crippen molar-refractivity contribution in [3.63, 3.8) is 0 Å². The van der Waals surface area contributed by atoms with E-state index in [4.69, 9.17) is 76.4 Å². The highest BCUT2D eigenvalue weighted by Crippen LogP contribution is 2.45. The SMILES string of the molecule is CC(C)(C)OC(=O)N1CC2CC(c3cc(CCCO[Si](C)(C)C(C)(C)C)no3)=C(C(=O)N(Cc3cccc(Cl)c3Cl)C3CC3)C(C1)N2C(=O)OC(C)(C)C(Cl)(Cl)Cl. The lowest BCUT2D eigenvalue weighted by molar-refractivity contribution is -0.129. The highest BCUT2D eigenvalue weighted by Gasteiger charge is 2.53. The minimum Gasteiger partial charge on any atom is -0.444 e. The van der Waals surface area contributed by atoms with E-state index >= 15 is 4.79 Å². The van der Waals surface area contributed by atoms with Crippen LogP contribution in [0.15, 0.2) is 34.4 Å². The average molecular weight is 909 g/mol.